The van der Waals surface area contributed by atoms with Crippen molar-refractivity contribution in [1.29, 1.82) is 0 Å². The lowest BCUT2D eigenvalue weighted by atomic mass is 9.72. The lowest BCUT2D eigenvalue weighted by Crippen LogP contribution is -2.72. The first kappa shape index (κ1) is 29.1. The van der Waals surface area contributed by atoms with Crippen molar-refractivity contribution in [3.63, 3.8) is 0 Å². The minimum Gasteiger partial charge on any atom is -0.369 e. The first-order chi connectivity index (χ1) is 18.7. The molecule has 4 nitrogen and oxygen atoms in total. The highest BCUT2D eigenvalue weighted by molar-refractivity contribution is 5.85. The van der Waals surface area contributed by atoms with Crippen LogP contribution in [0.5, 0.6) is 0 Å². The minimum absolute atomic E-state index is 0.242. The van der Waals surface area contributed by atoms with Crippen molar-refractivity contribution in [2.45, 2.75) is 59.3 Å². The summed E-state index contributed by atoms with van der Waals surface area (Å²) in [5.41, 5.74) is 5.43. The number of benzene rings is 1. The zero-order chi connectivity index (χ0) is 28.0. The molecular formula is C34H47FN4. The van der Waals surface area contributed by atoms with E-state index in [0.29, 0.717) is 5.41 Å². The fourth-order valence-electron chi connectivity index (χ4n) is 6.56. The Kier molecular flexibility index (Phi) is 9.66. The molecule has 5 heteroatoms. The first-order valence-corrected chi connectivity index (χ1v) is 14.7. The predicted octanol–water partition coefficient (Wildman–Crippen LogP) is 8.05. The maximum absolute atomic E-state index is 14.4. The Labute approximate surface area is 235 Å². The Morgan fingerprint density at radius 3 is 2.44 bits per heavy atom. The molecule has 1 aromatic rings. The van der Waals surface area contributed by atoms with Crippen molar-refractivity contribution in [2.24, 2.45) is 22.2 Å². The highest BCUT2D eigenvalue weighted by Gasteiger charge is 2.52. The van der Waals surface area contributed by atoms with E-state index in [1.807, 2.05) is 19.1 Å². The molecule has 2 aliphatic heterocycles. The second-order valence-electron chi connectivity index (χ2n) is 12.2. The molecule has 0 bridgehead atoms. The van der Waals surface area contributed by atoms with E-state index < -0.39 is 0 Å². The average Bonchev–Trinajstić information content (AvgIpc) is 3.13. The van der Waals surface area contributed by atoms with Gasteiger partial charge in [-0.15, -0.1) is 0 Å². The maximum atomic E-state index is 14.4. The molecule has 2 heterocycles. The smallest absolute Gasteiger partial charge is 0.123 e. The number of nitrogens with one attached hydrogen (secondary N) is 1. The Morgan fingerprint density at radius 2 is 1.82 bits per heavy atom. The number of hydrogen-bond acceptors (Lipinski definition) is 4. The lowest BCUT2D eigenvalue weighted by molar-refractivity contribution is -0.104. The van der Waals surface area contributed by atoms with Crippen LogP contribution < -0.4 is 5.32 Å². The molecule has 210 valence electrons. The number of halogens is 1. The molecule has 4 rings (SSSR count). The van der Waals surface area contributed by atoms with Gasteiger partial charge in [0.15, 0.2) is 0 Å². The van der Waals surface area contributed by atoms with Crippen molar-refractivity contribution < 1.29 is 4.39 Å². The number of likely N-dealkylation sites (tertiary alicyclic amines) is 2. The summed E-state index contributed by atoms with van der Waals surface area (Å²) in [4.78, 5) is 9.05. The third kappa shape index (κ3) is 7.00. The van der Waals surface area contributed by atoms with Gasteiger partial charge in [-0.05, 0) is 67.7 Å². The molecule has 0 aromatic heterocycles. The van der Waals surface area contributed by atoms with Gasteiger partial charge in [-0.2, -0.15) is 0 Å². The van der Waals surface area contributed by atoms with E-state index in [0.717, 1.165) is 52.8 Å². The fourth-order valence-corrected chi connectivity index (χ4v) is 6.56. The van der Waals surface area contributed by atoms with Crippen LogP contribution in [0.3, 0.4) is 0 Å². The summed E-state index contributed by atoms with van der Waals surface area (Å²) in [6, 6.07) is 4.79. The van der Waals surface area contributed by atoms with Gasteiger partial charge in [0.05, 0.1) is 17.6 Å². The average molecular weight is 531 g/mol. The summed E-state index contributed by atoms with van der Waals surface area (Å²) in [7, 11) is 0. The van der Waals surface area contributed by atoms with Crippen molar-refractivity contribution >= 4 is 18.0 Å². The predicted molar refractivity (Wildman–Crippen MR) is 165 cm³/mol. The summed E-state index contributed by atoms with van der Waals surface area (Å²) in [5.74, 6) is 0.837. The molecule has 1 saturated carbocycles. The number of hydrogen-bond donors (Lipinski definition) is 1. The maximum Gasteiger partial charge on any atom is 0.123 e. The van der Waals surface area contributed by atoms with Crippen LogP contribution in [0.4, 0.5) is 10.1 Å². The number of nitrogens with zero attached hydrogens (tertiary/aromatic N) is 3. The van der Waals surface area contributed by atoms with Crippen LogP contribution >= 0.6 is 0 Å². The Hall–Kier alpha value is -2.92. The van der Waals surface area contributed by atoms with Gasteiger partial charge in [-0.3, -0.25) is 4.99 Å². The highest BCUT2D eigenvalue weighted by Crippen LogP contribution is 2.43. The second-order valence-corrected chi connectivity index (χ2v) is 12.2. The number of allylic oxidation sites excluding steroid dienone is 5. The van der Waals surface area contributed by atoms with Crippen LogP contribution in [0.25, 0.3) is 5.57 Å². The summed E-state index contributed by atoms with van der Waals surface area (Å²) >= 11 is 0. The molecule has 1 N–H and O–H groups in total. The minimum atomic E-state index is -0.292. The van der Waals surface area contributed by atoms with Gasteiger partial charge in [-0.1, -0.05) is 70.9 Å². The SMILES string of the molecule is C=N/C=C(/Nc1ccc(F)cc1C(=C)/C(=C\C=C/C)C(C)C)C(=C)N1CC2(CN(CC3CCCCCC3)C2)C1. The van der Waals surface area contributed by atoms with E-state index in [-0.39, 0.29) is 11.7 Å². The monoisotopic (exact) mass is 530 g/mol. The van der Waals surface area contributed by atoms with Crippen LogP contribution in [-0.4, -0.2) is 49.2 Å². The number of aliphatic imine (C=N–C) groups is 1. The van der Waals surface area contributed by atoms with E-state index in [1.54, 1.807) is 18.3 Å². The van der Waals surface area contributed by atoms with Gasteiger partial charge in [0.2, 0.25) is 0 Å². The van der Waals surface area contributed by atoms with Crippen LogP contribution in [-0.2, 0) is 0 Å². The van der Waals surface area contributed by atoms with Gasteiger partial charge in [0.25, 0.3) is 0 Å². The third-order valence-electron chi connectivity index (χ3n) is 8.59. The van der Waals surface area contributed by atoms with E-state index in [1.165, 1.54) is 64.2 Å². The third-order valence-corrected chi connectivity index (χ3v) is 8.59. The van der Waals surface area contributed by atoms with E-state index in [4.69, 9.17) is 0 Å². The van der Waals surface area contributed by atoms with Gasteiger partial charge < -0.3 is 15.1 Å². The standard InChI is InChI=1S/C34H47FN4/c1-7-8-15-30(25(2)3)26(4)31-18-29(35)16-17-32(31)37-33(19-36-6)27(5)39-23-34(24-39)21-38(22-34)20-28-13-11-9-10-12-14-28/h7-8,15-19,25,28,37H,4-6,9-14,20-24H2,1-3H3/b8-7-,30-15-,33-19+. The van der Waals surface area contributed by atoms with E-state index in [2.05, 4.69) is 59.9 Å². The lowest BCUT2D eigenvalue weighted by Gasteiger charge is -2.62. The van der Waals surface area contributed by atoms with Crippen molar-refractivity contribution in [3.05, 3.63) is 84.1 Å². The fraction of sp³-hybridized carbons (Fsp3) is 0.500. The Balaban J connectivity index is 1.41. The summed E-state index contributed by atoms with van der Waals surface area (Å²) in [5, 5.41) is 3.49. The van der Waals surface area contributed by atoms with E-state index in [9.17, 15) is 4.39 Å². The van der Waals surface area contributed by atoms with Gasteiger partial charge in [0, 0.05) is 49.4 Å². The van der Waals surface area contributed by atoms with Crippen molar-refractivity contribution in [1.82, 2.24) is 9.80 Å². The van der Waals surface area contributed by atoms with Gasteiger partial charge in [-0.25, -0.2) is 4.39 Å². The number of anilines is 1. The van der Waals surface area contributed by atoms with Crippen LogP contribution in [0.1, 0.15) is 64.9 Å². The molecule has 39 heavy (non-hydrogen) atoms. The highest BCUT2D eigenvalue weighted by atomic mass is 19.1. The van der Waals surface area contributed by atoms with Gasteiger partial charge >= 0.3 is 0 Å². The molecule has 0 atom stereocenters. The molecule has 3 aliphatic rings. The molecule has 0 amide bonds. The molecule has 3 fully saturated rings. The Bertz CT molecular complexity index is 1140. The quantitative estimate of drug-likeness (QED) is 0.178. The molecule has 2 saturated heterocycles. The summed E-state index contributed by atoms with van der Waals surface area (Å²) < 4.78 is 14.4. The molecule has 1 spiro atoms. The largest absolute Gasteiger partial charge is 0.369 e. The summed E-state index contributed by atoms with van der Waals surface area (Å²) in [6.45, 7) is 24.4. The van der Waals surface area contributed by atoms with Crippen molar-refractivity contribution in [2.75, 3.05) is 38.0 Å². The van der Waals surface area contributed by atoms with Crippen LogP contribution in [0, 0.1) is 23.1 Å². The van der Waals surface area contributed by atoms with Crippen LogP contribution in [0.15, 0.2) is 77.7 Å². The van der Waals surface area contributed by atoms with E-state index >= 15 is 0 Å². The second kappa shape index (κ2) is 13.0. The molecule has 0 unspecified atom stereocenters. The summed E-state index contributed by atoms with van der Waals surface area (Å²) in [6.07, 6.45) is 16.2. The zero-order valence-corrected chi connectivity index (χ0v) is 24.3. The zero-order valence-electron chi connectivity index (χ0n) is 24.3. The molecule has 0 radical (unpaired) electrons. The van der Waals surface area contributed by atoms with Crippen LogP contribution in [0.2, 0.25) is 0 Å². The normalized spacial score (nSPS) is 20.6. The first-order valence-electron chi connectivity index (χ1n) is 14.7. The Morgan fingerprint density at radius 1 is 1.13 bits per heavy atom. The van der Waals surface area contributed by atoms with Crippen molar-refractivity contribution in [3.8, 4) is 0 Å². The molecule has 1 aromatic carbocycles. The molecular weight excluding hydrogens is 483 g/mol. The number of rotatable bonds is 11. The van der Waals surface area contributed by atoms with Gasteiger partial charge in [0.1, 0.15) is 5.82 Å². The topological polar surface area (TPSA) is 30.9 Å². The molecule has 1 aliphatic carbocycles.